The van der Waals surface area contributed by atoms with Gasteiger partial charge in [0.25, 0.3) is 5.91 Å². The third-order valence-electron chi connectivity index (χ3n) is 4.13. The first-order chi connectivity index (χ1) is 11.4. The fraction of sp³-hybridized carbons (Fsp3) is 0.190. The third-order valence-corrected chi connectivity index (χ3v) is 4.13. The SMILES string of the molecule is Cc1ccc(-c2cc(C(=O)Nc3ccc(C)cc3C)c(C)o2)cc1. The average molecular weight is 319 g/mol. The van der Waals surface area contributed by atoms with Gasteiger partial charge in [0.2, 0.25) is 0 Å². The van der Waals surface area contributed by atoms with E-state index in [1.165, 1.54) is 11.1 Å². The Morgan fingerprint density at radius 2 is 1.54 bits per heavy atom. The topological polar surface area (TPSA) is 42.2 Å². The number of benzene rings is 2. The summed E-state index contributed by atoms with van der Waals surface area (Å²) < 4.78 is 5.79. The van der Waals surface area contributed by atoms with Crippen molar-refractivity contribution in [1.29, 1.82) is 0 Å². The molecule has 0 unspecified atom stereocenters. The maximum absolute atomic E-state index is 12.6. The highest BCUT2D eigenvalue weighted by Gasteiger charge is 2.16. The largest absolute Gasteiger partial charge is 0.461 e. The van der Waals surface area contributed by atoms with Crippen molar-refractivity contribution < 1.29 is 9.21 Å². The van der Waals surface area contributed by atoms with E-state index < -0.39 is 0 Å². The number of carbonyl (C=O) groups excluding carboxylic acids is 1. The van der Waals surface area contributed by atoms with Gasteiger partial charge in [0, 0.05) is 11.3 Å². The fourth-order valence-corrected chi connectivity index (χ4v) is 2.71. The molecule has 1 amide bonds. The van der Waals surface area contributed by atoms with Gasteiger partial charge in [0.15, 0.2) is 0 Å². The Balaban J connectivity index is 1.86. The molecule has 122 valence electrons. The van der Waals surface area contributed by atoms with Crippen LogP contribution < -0.4 is 5.32 Å². The number of hydrogen-bond donors (Lipinski definition) is 1. The van der Waals surface area contributed by atoms with E-state index in [1.54, 1.807) is 6.07 Å². The number of rotatable bonds is 3. The minimum atomic E-state index is -0.151. The van der Waals surface area contributed by atoms with Crippen LogP contribution in [0.5, 0.6) is 0 Å². The Hall–Kier alpha value is -2.81. The first kappa shape index (κ1) is 16.1. The lowest BCUT2D eigenvalue weighted by Gasteiger charge is -2.08. The Morgan fingerprint density at radius 3 is 2.21 bits per heavy atom. The van der Waals surface area contributed by atoms with Crippen molar-refractivity contribution in [2.75, 3.05) is 5.32 Å². The van der Waals surface area contributed by atoms with E-state index in [9.17, 15) is 4.79 Å². The number of carbonyl (C=O) groups is 1. The summed E-state index contributed by atoms with van der Waals surface area (Å²) in [7, 11) is 0. The lowest BCUT2D eigenvalue weighted by atomic mass is 10.1. The molecule has 0 radical (unpaired) electrons. The van der Waals surface area contributed by atoms with E-state index in [0.717, 1.165) is 16.8 Å². The lowest BCUT2D eigenvalue weighted by Crippen LogP contribution is -2.13. The minimum absolute atomic E-state index is 0.151. The van der Waals surface area contributed by atoms with Crippen LogP contribution in [-0.4, -0.2) is 5.91 Å². The van der Waals surface area contributed by atoms with Gasteiger partial charge in [-0.3, -0.25) is 4.79 Å². The molecule has 0 saturated carbocycles. The monoisotopic (exact) mass is 319 g/mol. The number of hydrogen-bond acceptors (Lipinski definition) is 2. The molecule has 3 rings (SSSR count). The molecule has 3 heteroatoms. The van der Waals surface area contributed by atoms with Crippen molar-refractivity contribution >= 4 is 11.6 Å². The normalized spacial score (nSPS) is 10.7. The van der Waals surface area contributed by atoms with E-state index >= 15 is 0 Å². The minimum Gasteiger partial charge on any atom is -0.461 e. The molecule has 1 heterocycles. The van der Waals surface area contributed by atoms with Crippen LogP contribution in [-0.2, 0) is 0 Å². The summed E-state index contributed by atoms with van der Waals surface area (Å²) >= 11 is 0. The Labute approximate surface area is 142 Å². The molecule has 1 N–H and O–H groups in total. The fourth-order valence-electron chi connectivity index (χ4n) is 2.71. The molecule has 0 saturated heterocycles. The van der Waals surface area contributed by atoms with E-state index in [1.807, 2.05) is 64.1 Å². The van der Waals surface area contributed by atoms with Crippen molar-refractivity contribution in [3.8, 4) is 11.3 Å². The highest BCUT2D eigenvalue weighted by atomic mass is 16.3. The van der Waals surface area contributed by atoms with Crippen LogP contribution >= 0.6 is 0 Å². The Morgan fingerprint density at radius 1 is 0.875 bits per heavy atom. The number of amides is 1. The summed E-state index contributed by atoms with van der Waals surface area (Å²) in [5, 5.41) is 2.97. The quantitative estimate of drug-likeness (QED) is 0.699. The Bertz CT molecular complexity index is 889. The molecule has 0 atom stereocenters. The van der Waals surface area contributed by atoms with E-state index in [4.69, 9.17) is 4.42 Å². The number of furan rings is 1. The maximum atomic E-state index is 12.6. The summed E-state index contributed by atoms with van der Waals surface area (Å²) in [4.78, 5) is 12.6. The van der Waals surface area contributed by atoms with Gasteiger partial charge < -0.3 is 9.73 Å². The summed E-state index contributed by atoms with van der Waals surface area (Å²) in [6.45, 7) is 7.88. The van der Waals surface area contributed by atoms with Gasteiger partial charge in [-0.15, -0.1) is 0 Å². The van der Waals surface area contributed by atoms with Crippen LogP contribution in [0.25, 0.3) is 11.3 Å². The molecule has 3 aromatic rings. The zero-order chi connectivity index (χ0) is 17.3. The standard InChI is InChI=1S/C21H21NO2/c1-13-5-8-17(9-6-13)20-12-18(16(4)24-20)21(23)22-19-10-7-14(2)11-15(19)3/h5-12H,1-4H3,(H,22,23). The molecule has 0 aliphatic carbocycles. The van der Waals surface area contributed by atoms with Crippen molar-refractivity contribution in [2.45, 2.75) is 27.7 Å². The molecule has 24 heavy (non-hydrogen) atoms. The molecular weight excluding hydrogens is 298 g/mol. The van der Waals surface area contributed by atoms with Gasteiger partial charge in [-0.05, 0) is 45.4 Å². The second-order valence-electron chi connectivity index (χ2n) is 6.22. The predicted molar refractivity (Wildman–Crippen MR) is 97.5 cm³/mol. The maximum Gasteiger partial charge on any atom is 0.259 e. The highest BCUT2D eigenvalue weighted by Crippen LogP contribution is 2.27. The lowest BCUT2D eigenvalue weighted by molar-refractivity contribution is 0.102. The van der Waals surface area contributed by atoms with Gasteiger partial charge in [-0.1, -0.05) is 47.5 Å². The summed E-state index contributed by atoms with van der Waals surface area (Å²) in [5.74, 6) is 1.17. The van der Waals surface area contributed by atoms with Gasteiger partial charge in [-0.2, -0.15) is 0 Å². The van der Waals surface area contributed by atoms with E-state index in [2.05, 4.69) is 11.4 Å². The summed E-state index contributed by atoms with van der Waals surface area (Å²) in [6.07, 6.45) is 0. The van der Waals surface area contributed by atoms with Crippen LogP contribution in [0.15, 0.2) is 52.9 Å². The second-order valence-corrected chi connectivity index (χ2v) is 6.22. The van der Waals surface area contributed by atoms with Crippen LogP contribution in [0.1, 0.15) is 32.8 Å². The molecule has 2 aromatic carbocycles. The molecular formula is C21H21NO2. The molecule has 0 aliphatic rings. The number of anilines is 1. The van der Waals surface area contributed by atoms with Gasteiger partial charge in [-0.25, -0.2) is 0 Å². The van der Waals surface area contributed by atoms with E-state index in [0.29, 0.717) is 17.1 Å². The van der Waals surface area contributed by atoms with Crippen LogP contribution in [0.2, 0.25) is 0 Å². The first-order valence-electron chi connectivity index (χ1n) is 8.00. The zero-order valence-electron chi connectivity index (χ0n) is 14.4. The molecule has 3 nitrogen and oxygen atoms in total. The smallest absolute Gasteiger partial charge is 0.259 e. The number of aryl methyl sites for hydroxylation is 4. The molecule has 0 fully saturated rings. The van der Waals surface area contributed by atoms with Gasteiger partial charge in [0.05, 0.1) is 5.56 Å². The van der Waals surface area contributed by atoms with Crippen LogP contribution in [0.4, 0.5) is 5.69 Å². The third kappa shape index (κ3) is 3.25. The Kier molecular flexibility index (Phi) is 4.26. The summed E-state index contributed by atoms with van der Waals surface area (Å²) in [5.41, 5.74) is 5.76. The van der Waals surface area contributed by atoms with Gasteiger partial charge >= 0.3 is 0 Å². The summed E-state index contributed by atoms with van der Waals surface area (Å²) in [6, 6.07) is 15.8. The van der Waals surface area contributed by atoms with Crippen LogP contribution in [0.3, 0.4) is 0 Å². The first-order valence-corrected chi connectivity index (χ1v) is 8.00. The molecule has 0 aliphatic heterocycles. The second kappa shape index (κ2) is 6.36. The van der Waals surface area contributed by atoms with Crippen molar-refractivity contribution in [1.82, 2.24) is 0 Å². The highest BCUT2D eigenvalue weighted by molar-refractivity contribution is 6.06. The van der Waals surface area contributed by atoms with Crippen molar-refractivity contribution in [3.63, 3.8) is 0 Å². The molecule has 0 bridgehead atoms. The average Bonchev–Trinajstić information content (AvgIpc) is 2.93. The van der Waals surface area contributed by atoms with Crippen molar-refractivity contribution in [2.24, 2.45) is 0 Å². The van der Waals surface area contributed by atoms with Crippen molar-refractivity contribution in [3.05, 3.63) is 76.5 Å². The van der Waals surface area contributed by atoms with Crippen LogP contribution in [0, 0.1) is 27.7 Å². The predicted octanol–water partition coefficient (Wildman–Crippen LogP) is 5.43. The van der Waals surface area contributed by atoms with E-state index in [-0.39, 0.29) is 5.91 Å². The molecule has 1 aromatic heterocycles. The van der Waals surface area contributed by atoms with Gasteiger partial charge in [0.1, 0.15) is 11.5 Å². The zero-order valence-corrected chi connectivity index (χ0v) is 14.4. The molecule has 0 spiro atoms. The number of nitrogens with one attached hydrogen (secondary N) is 1.